The second-order valence-corrected chi connectivity index (χ2v) is 8.70. The number of aliphatic hydroxyl groups is 1. The molecular formula is C12H24O4S. The zero-order valence-electron chi connectivity index (χ0n) is 11.5. The van der Waals surface area contributed by atoms with Crippen LogP contribution in [0.3, 0.4) is 0 Å². The topological polar surface area (TPSA) is 63.6 Å². The minimum absolute atomic E-state index is 0.165. The fourth-order valence-corrected chi connectivity index (χ4v) is 3.41. The minimum Gasteiger partial charge on any atom is -0.391 e. The molecule has 102 valence electrons. The van der Waals surface area contributed by atoms with Gasteiger partial charge in [-0.1, -0.05) is 0 Å². The van der Waals surface area contributed by atoms with Gasteiger partial charge in [-0.3, -0.25) is 0 Å². The molecule has 1 fully saturated rings. The van der Waals surface area contributed by atoms with E-state index in [4.69, 9.17) is 4.74 Å². The summed E-state index contributed by atoms with van der Waals surface area (Å²) in [5.74, 6) is -0.165. The van der Waals surface area contributed by atoms with Gasteiger partial charge in [0.05, 0.1) is 22.6 Å². The fourth-order valence-electron chi connectivity index (χ4n) is 2.72. The molecule has 0 aliphatic carbocycles. The van der Waals surface area contributed by atoms with Gasteiger partial charge in [-0.05, 0) is 41.0 Å². The second kappa shape index (κ2) is 4.21. The molecule has 1 aliphatic heterocycles. The maximum Gasteiger partial charge on any atom is 0.152 e. The zero-order valence-corrected chi connectivity index (χ0v) is 12.3. The molecule has 1 N–H and O–H groups in total. The van der Waals surface area contributed by atoms with Crippen LogP contribution >= 0.6 is 0 Å². The van der Waals surface area contributed by atoms with Crippen molar-refractivity contribution in [1.29, 1.82) is 0 Å². The summed E-state index contributed by atoms with van der Waals surface area (Å²) >= 11 is 0. The van der Waals surface area contributed by atoms with Gasteiger partial charge in [0.15, 0.2) is 9.84 Å². The van der Waals surface area contributed by atoms with Gasteiger partial charge in [0.1, 0.15) is 0 Å². The first-order valence-corrected chi connectivity index (χ1v) is 7.89. The van der Waals surface area contributed by atoms with E-state index in [0.717, 1.165) is 6.26 Å². The van der Waals surface area contributed by atoms with Crippen LogP contribution in [0.5, 0.6) is 0 Å². The lowest BCUT2D eigenvalue weighted by atomic mass is 9.82. The van der Waals surface area contributed by atoms with Crippen LogP contribution in [0.4, 0.5) is 0 Å². The standard InChI is InChI=1S/C12H24O4S/c1-8(17(6,14)15)10(13)9-7-11(2,3)16-12(9,4)5/h8-10,13H,7H2,1-6H3. The third-order valence-corrected chi connectivity index (χ3v) is 5.34. The molecule has 1 heterocycles. The summed E-state index contributed by atoms with van der Waals surface area (Å²) in [6, 6.07) is 0. The average molecular weight is 264 g/mol. The van der Waals surface area contributed by atoms with E-state index in [9.17, 15) is 13.5 Å². The van der Waals surface area contributed by atoms with Crippen molar-refractivity contribution < 1.29 is 18.3 Å². The summed E-state index contributed by atoms with van der Waals surface area (Å²) in [4.78, 5) is 0. The predicted octanol–water partition coefficient (Wildman–Crippen LogP) is 1.37. The molecule has 0 spiro atoms. The maximum absolute atomic E-state index is 11.5. The highest BCUT2D eigenvalue weighted by Crippen LogP contribution is 2.44. The van der Waals surface area contributed by atoms with Crippen molar-refractivity contribution in [1.82, 2.24) is 0 Å². The first-order chi connectivity index (χ1) is 7.37. The monoisotopic (exact) mass is 264 g/mol. The van der Waals surface area contributed by atoms with Crippen molar-refractivity contribution in [3.05, 3.63) is 0 Å². The molecule has 1 aliphatic rings. The van der Waals surface area contributed by atoms with Crippen LogP contribution in [0.1, 0.15) is 41.0 Å². The zero-order chi connectivity index (χ0) is 13.6. The number of hydrogen-bond acceptors (Lipinski definition) is 4. The molecule has 4 nitrogen and oxygen atoms in total. The van der Waals surface area contributed by atoms with Gasteiger partial charge >= 0.3 is 0 Å². The van der Waals surface area contributed by atoms with Crippen LogP contribution in [0.15, 0.2) is 0 Å². The number of hydrogen-bond donors (Lipinski definition) is 1. The van der Waals surface area contributed by atoms with Gasteiger partial charge < -0.3 is 9.84 Å². The quantitative estimate of drug-likeness (QED) is 0.836. The molecule has 3 atom stereocenters. The van der Waals surface area contributed by atoms with E-state index in [0.29, 0.717) is 6.42 Å². The molecule has 3 unspecified atom stereocenters. The largest absolute Gasteiger partial charge is 0.391 e. The van der Waals surface area contributed by atoms with Gasteiger partial charge in [0.2, 0.25) is 0 Å². The van der Waals surface area contributed by atoms with Gasteiger partial charge in [0.25, 0.3) is 0 Å². The van der Waals surface area contributed by atoms with Crippen molar-refractivity contribution in [2.75, 3.05) is 6.26 Å². The van der Waals surface area contributed by atoms with Crippen LogP contribution in [-0.4, -0.2) is 42.3 Å². The van der Waals surface area contributed by atoms with E-state index in [1.54, 1.807) is 6.92 Å². The molecule has 0 radical (unpaired) electrons. The summed E-state index contributed by atoms with van der Waals surface area (Å²) in [6.07, 6.45) is 0.942. The third kappa shape index (κ3) is 3.20. The highest BCUT2D eigenvalue weighted by atomic mass is 32.2. The van der Waals surface area contributed by atoms with Crippen molar-refractivity contribution in [3.63, 3.8) is 0 Å². The Morgan fingerprint density at radius 3 is 2.06 bits per heavy atom. The summed E-state index contributed by atoms with van der Waals surface area (Å²) in [5.41, 5.74) is -0.811. The van der Waals surface area contributed by atoms with Crippen molar-refractivity contribution in [3.8, 4) is 0 Å². The van der Waals surface area contributed by atoms with Crippen molar-refractivity contribution >= 4 is 9.84 Å². The molecule has 1 rings (SSSR count). The summed E-state index contributed by atoms with van der Waals surface area (Å²) in [5, 5.41) is 9.50. The Morgan fingerprint density at radius 1 is 1.29 bits per heavy atom. The van der Waals surface area contributed by atoms with Crippen LogP contribution in [0.2, 0.25) is 0 Å². The Balaban J connectivity index is 2.94. The number of rotatable bonds is 3. The Hall–Kier alpha value is -0.130. The molecule has 0 amide bonds. The van der Waals surface area contributed by atoms with Gasteiger partial charge in [0, 0.05) is 12.2 Å². The SMILES string of the molecule is CC(C(O)C1CC(C)(C)OC1(C)C)S(C)(=O)=O. The molecule has 0 aromatic carbocycles. The first kappa shape index (κ1) is 14.9. The van der Waals surface area contributed by atoms with Gasteiger partial charge in [-0.2, -0.15) is 0 Å². The lowest BCUT2D eigenvalue weighted by molar-refractivity contribution is -0.0873. The highest BCUT2D eigenvalue weighted by molar-refractivity contribution is 7.91. The Morgan fingerprint density at radius 2 is 1.76 bits per heavy atom. The molecule has 1 saturated heterocycles. The molecule has 17 heavy (non-hydrogen) atoms. The van der Waals surface area contributed by atoms with Crippen molar-refractivity contribution in [2.24, 2.45) is 5.92 Å². The van der Waals surface area contributed by atoms with Crippen LogP contribution in [-0.2, 0) is 14.6 Å². The normalized spacial score (nSPS) is 31.1. The fraction of sp³-hybridized carbons (Fsp3) is 1.00. The van der Waals surface area contributed by atoms with Crippen LogP contribution < -0.4 is 0 Å². The number of aliphatic hydroxyl groups excluding tert-OH is 1. The van der Waals surface area contributed by atoms with E-state index >= 15 is 0 Å². The van der Waals surface area contributed by atoms with Gasteiger partial charge in [-0.25, -0.2) is 8.42 Å². The molecule has 0 saturated carbocycles. The maximum atomic E-state index is 11.5. The molecule has 0 aromatic rings. The van der Waals surface area contributed by atoms with Crippen LogP contribution in [0, 0.1) is 5.92 Å². The first-order valence-electron chi connectivity index (χ1n) is 5.94. The summed E-state index contributed by atoms with van der Waals surface area (Å²) < 4.78 is 28.9. The predicted molar refractivity (Wildman–Crippen MR) is 67.7 cm³/mol. The van der Waals surface area contributed by atoms with E-state index in [1.807, 2.05) is 27.7 Å². The lowest BCUT2D eigenvalue weighted by Crippen LogP contribution is -2.44. The Labute approximate surface area is 104 Å². The average Bonchev–Trinajstić information content (AvgIpc) is 2.30. The molecule has 5 heteroatoms. The molecule has 0 aromatic heterocycles. The van der Waals surface area contributed by atoms with Crippen LogP contribution in [0.25, 0.3) is 0 Å². The third-order valence-electron chi connectivity index (χ3n) is 3.71. The molecular weight excluding hydrogens is 240 g/mol. The van der Waals surface area contributed by atoms with E-state index in [2.05, 4.69) is 0 Å². The summed E-state index contributed by atoms with van der Waals surface area (Å²) in [7, 11) is -3.23. The van der Waals surface area contributed by atoms with Crippen molar-refractivity contribution in [2.45, 2.75) is 63.6 Å². The Kier molecular flexibility index (Phi) is 3.70. The smallest absolute Gasteiger partial charge is 0.152 e. The Bertz CT molecular complexity index is 383. The van der Waals surface area contributed by atoms with Gasteiger partial charge in [-0.15, -0.1) is 0 Å². The van der Waals surface area contributed by atoms with E-state index < -0.39 is 26.8 Å². The highest BCUT2D eigenvalue weighted by Gasteiger charge is 2.50. The number of ether oxygens (including phenoxy) is 1. The van der Waals surface area contributed by atoms with E-state index in [-0.39, 0.29) is 11.5 Å². The second-order valence-electron chi connectivity index (χ2n) is 6.30. The number of sulfone groups is 1. The minimum atomic E-state index is -3.23. The summed E-state index contributed by atoms with van der Waals surface area (Å²) in [6.45, 7) is 9.30. The molecule has 0 bridgehead atoms. The lowest BCUT2D eigenvalue weighted by Gasteiger charge is -2.32. The van der Waals surface area contributed by atoms with E-state index in [1.165, 1.54) is 0 Å².